The topological polar surface area (TPSA) is 56.3 Å². The molecule has 3 aromatic rings. The molecule has 118 valence electrons. The van der Waals surface area contributed by atoms with Crippen molar-refractivity contribution in [2.24, 2.45) is 0 Å². The van der Waals surface area contributed by atoms with Gasteiger partial charge in [0.1, 0.15) is 17.0 Å². The van der Waals surface area contributed by atoms with Gasteiger partial charge >= 0.3 is 0 Å². The molecule has 0 aliphatic carbocycles. The number of halogens is 1. The SMILES string of the molecule is COc1ccc(CNc2nccc3cc(Br)cnc23)c(OC)c1. The minimum Gasteiger partial charge on any atom is -0.497 e. The third-order valence-electron chi connectivity index (χ3n) is 3.51. The zero-order chi connectivity index (χ0) is 16.2. The summed E-state index contributed by atoms with van der Waals surface area (Å²) in [7, 11) is 3.28. The summed E-state index contributed by atoms with van der Waals surface area (Å²) in [5.41, 5.74) is 1.85. The van der Waals surface area contributed by atoms with Crippen molar-refractivity contribution >= 4 is 32.7 Å². The van der Waals surface area contributed by atoms with Crippen molar-refractivity contribution in [3.8, 4) is 11.5 Å². The van der Waals surface area contributed by atoms with E-state index >= 15 is 0 Å². The van der Waals surface area contributed by atoms with Crippen molar-refractivity contribution in [2.75, 3.05) is 19.5 Å². The summed E-state index contributed by atoms with van der Waals surface area (Å²) >= 11 is 3.43. The van der Waals surface area contributed by atoms with Gasteiger partial charge in [0.25, 0.3) is 0 Å². The second-order valence-corrected chi connectivity index (χ2v) is 5.83. The normalized spacial score (nSPS) is 10.6. The predicted octanol–water partition coefficient (Wildman–Crippen LogP) is 4.02. The highest BCUT2D eigenvalue weighted by Crippen LogP contribution is 2.26. The maximum atomic E-state index is 5.42. The fraction of sp³-hybridized carbons (Fsp3) is 0.176. The van der Waals surface area contributed by atoms with Gasteiger partial charge in [-0.25, -0.2) is 4.98 Å². The fourth-order valence-corrected chi connectivity index (χ4v) is 2.69. The number of hydrogen-bond acceptors (Lipinski definition) is 5. The Hall–Kier alpha value is -2.34. The number of methoxy groups -OCH3 is 2. The highest BCUT2D eigenvalue weighted by atomic mass is 79.9. The summed E-state index contributed by atoms with van der Waals surface area (Å²) in [4.78, 5) is 8.83. The summed E-state index contributed by atoms with van der Waals surface area (Å²) < 4.78 is 11.6. The first kappa shape index (κ1) is 15.6. The molecular formula is C17H16BrN3O2. The van der Waals surface area contributed by atoms with Gasteiger partial charge in [0.15, 0.2) is 5.82 Å². The first-order valence-electron chi connectivity index (χ1n) is 7.06. The quantitative estimate of drug-likeness (QED) is 0.731. The van der Waals surface area contributed by atoms with Crippen LogP contribution in [0.3, 0.4) is 0 Å². The largest absolute Gasteiger partial charge is 0.497 e. The van der Waals surface area contributed by atoms with Crippen LogP contribution in [0.1, 0.15) is 5.56 Å². The van der Waals surface area contributed by atoms with E-state index in [4.69, 9.17) is 9.47 Å². The van der Waals surface area contributed by atoms with Crippen molar-refractivity contribution in [3.05, 3.63) is 52.8 Å². The van der Waals surface area contributed by atoms with Crippen LogP contribution in [0.4, 0.5) is 5.82 Å². The molecule has 2 heterocycles. The number of anilines is 1. The van der Waals surface area contributed by atoms with Crippen LogP contribution < -0.4 is 14.8 Å². The predicted molar refractivity (Wildman–Crippen MR) is 94.1 cm³/mol. The summed E-state index contributed by atoms with van der Waals surface area (Å²) in [6.45, 7) is 0.580. The Balaban J connectivity index is 1.86. The number of benzene rings is 1. The second-order valence-electron chi connectivity index (χ2n) is 4.92. The molecule has 0 unspecified atom stereocenters. The van der Waals surface area contributed by atoms with E-state index in [1.807, 2.05) is 30.3 Å². The fourth-order valence-electron chi connectivity index (χ4n) is 2.34. The molecule has 0 aliphatic heterocycles. The van der Waals surface area contributed by atoms with E-state index < -0.39 is 0 Å². The molecule has 0 atom stereocenters. The van der Waals surface area contributed by atoms with Crippen molar-refractivity contribution in [3.63, 3.8) is 0 Å². The summed E-state index contributed by atoms with van der Waals surface area (Å²) in [5.74, 6) is 2.28. The third kappa shape index (κ3) is 3.37. The molecule has 0 saturated carbocycles. The highest BCUT2D eigenvalue weighted by Gasteiger charge is 2.08. The van der Waals surface area contributed by atoms with E-state index in [2.05, 4.69) is 31.2 Å². The maximum Gasteiger partial charge on any atom is 0.152 e. The lowest BCUT2D eigenvalue weighted by atomic mass is 10.2. The van der Waals surface area contributed by atoms with Crippen LogP contribution in [0.5, 0.6) is 11.5 Å². The minimum absolute atomic E-state index is 0.580. The summed E-state index contributed by atoms with van der Waals surface area (Å²) in [6.07, 6.45) is 3.53. The minimum atomic E-state index is 0.580. The average molecular weight is 374 g/mol. The van der Waals surface area contributed by atoms with Gasteiger partial charge in [-0.1, -0.05) is 0 Å². The van der Waals surface area contributed by atoms with E-state index in [9.17, 15) is 0 Å². The van der Waals surface area contributed by atoms with Crippen LogP contribution in [-0.2, 0) is 6.54 Å². The van der Waals surface area contributed by atoms with Gasteiger partial charge < -0.3 is 14.8 Å². The number of ether oxygens (including phenoxy) is 2. The molecule has 2 aromatic heterocycles. The molecule has 0 amide bonds. The van der Waals surface area contributed by atoms with Gasteiger partial charge in [-0.2, -0.15) is 0 Å². The molecule has 5 nitrogen and oxygen atoms in total. The zero-order valence-corrected chi connectivity index (χ0v) is 14.4. The van der Waals surface area contributed by atoms with E-state index in [0.717, 1.165) is 38.3 Å². The molecule has 0 radical (unpaired) electrons. The Morgan fingerprint density at radius 1 is 1.09 bits per heavy atom. The van der Waals surface area contributed by atoms with Crippen molar-refractivity contribution < 1.29 is 9.47 Å². The summed E-state index contributed by atoms with van der Waals surface area (Å²) in [6, 6.07) is 9.70. The number of nitrogens with one attached hydrogen (secondary N) is 1. The van der Waals surface area contributed by atoms with Crippen LogP contribution in [0.2, 0.25) is 0 Å². The van der Waals surface area contributed by atoms with E-state index in [1.54, 1.807) is 26.6 Å². The standard InChI is InChI=1S/C17H16BrN3O2/c1-22-14-4-3-12(15(8-14)23-2)9-21-17-16-11(5-6-19-17)7-13(18)10-20-16/h3-8,10H,9H2,1-2H3,(H,19,21). The molecule has 0 saturated heterocycles. The van der Waals surface area contributed by atoms with E-state index in [0.29, 0.717) is 6.54 Å². The molecule has 1 N–H and O–H groups in total. The Morgan fingerprint density at radius 2 is 1.96 bits per heavy atom. The number of pyridine rings is 2. The lowest BCUT2D eigenvalue weighted by molar-refractivity contribution is 0.391. The Labute approximate surface area is 142 Å². The van der Waals surface area contributed by atoms with Crippen LogP contribution in [0, 0.1) is 0 Å². The van der Waals surface area contributed by atoms with Gasteiger partial charge in [-0.05, 0) is 40.2 Å². The molecule has 6 heteroatoms. The third-order valence-corrected chi connectivity index (χ3v) is 3.94. The van der Waals surface area contributed by atoms with Crippen molar-refractivity contribution in [1.29, 1.82) is 0 Å². The number of hydrogen-bond donors (Lipinski definition) is 1. The molecule has 23 heavy (non-hydrogen) atoms. The molecule has 1 aromatic carbocycles. The Bertz CT molecular complexity index is 839. The van der Waals surface area contributed by atoms with Gasteiger partial charge in [0, 0.05) is 40.4 Å². The van der Waals surface area contributed by atoms with Crippen LogP contribution in [-0.4, -0.2) is 24.2 Å². The molecule has 0 aliphatic rings. The van der Waals surface area contributed by atoms with Crippen molar-refractivity contribution in [2.45, 2.75) is 6.54 Å². The molecule has 3 rings (SSSR count). The van der Waals surface area contributed by atoms with Crippen LogP contribution >= 0.6 is 15.9 Å². The van der Waals surface area contributed by atoms with Crippen molar-refractivity contribution in [1.82, 2.24) is 9.97 Å². The first-order chi connectivity index (χ1) is 11.2. The lowest BCUT2D eigenvalue weighted by Crippen LogP contribution is -2.04. The highest BCUT2D eigenvalue weighted by molar-refractivity contribution is 9.10. The number of rotatable bonds is 5. The van der Waals surface area contributed by atoms with E-state index in [1.165, 1.54) is 0 Å². The van der Waals surface area contributed by atoms with Gasteiger partial charge in [0.05, 0.1) is 14.2 Å². The summed E-state index contributed by atoms with van der Waals surface area (Å²) in [5, 5.41) is 4.35. The van der Waals surface area contributed by atoms with Crippen LogP contribution in [0.15, 0.2) is 47.2 Å². The molecule has 0 bridgehead atoms. The molecule has 0 fully saturated rings. The van der Waals surface area contributed by atoms with Gasteiger partial charge in [-0.3, -0.25) is 4.98 Å². The second kappa shape index (κ2) is 6.83. The Morgan fingerprint density at radius 3 is 2.74 bits per heavy atom. The lowest BCUT2D eigenvalue weighted by Gasteiger charge is -2.12. The molecule has 0 spiro atoms. The smallest absolute Gasteiger partial charge is 0.152 e. The van der Waals surface area contributed by atoms with Gasteiger partial charge in [0.2, 0.25) is 0 Å². The average Bonchev–Trinajstić information content (AvgIpc) is 2.59. The number of nitrogens with zero attached hydrogens (tertiary/aromatic N) is 2. The first-order valence-corrected chi connectivity index (χ1v) is 7.85. The molecular weight excluding hydrogens is 358 g/mol. The monoisotopic (exact) mass is 373 g/mol. The Kier molecular flexibility index (Phi) is 4.62. The number of aromatic nitrogens is 2. The van der Waals surface area contributed by atoms with Gasteiger partial charge in [-0.15, -0.1) is 0 Å². The zero-order valence-electron chi connectivity index (χ0n) is 12.8. The van der Waals surface area contributed by atoms with E-state index in [-0.39, 0.29) is 0 Å². The van der Waals surface area contributed by atoms with Crippen LogP contribution in [0.25, 0.3) is 10.9 Å². The number of fused-ring (bicyclic) bond motifs is 1. The maximum absolute atomic E-state index is 5.42.